The smallest absolute Gasteiger partial charge is 0.248 e. The minimum atomic E-state index is -2.36. The molecule has 0 aliphatic carbocycles. The number of nitrogens with one attached hydrogen (secondary N) is 1. The third-order valence-electron chi connectivity index (χ3n) is 3.31. The van der Waals surface area contributed by atoms with E-state index < -0.39 is 6.43 Å². The van der Waals surface area contributed by atoms with Crippen molar-refractivity contribution in [2.75, 3.05) is 7.11 Å². The number of hydrogen-bond donors (Lipinski definition) is 1. The lowest BCUT2D eigenvalue weighted by Crippen LogP contribution is -2.09. The van der Waals surface area contributed by atoms with Gasteiger partial charge in [0.25, 0.3) is 0 Å². The second kappa shape index (κ2) is 6.47. The lowest BCUT2D eigenvalue weighted by Gasteiger charge is -2.10. The van der Waals surface area contributed by atoms with E-state index in [1.165, 1.54) is 13.2 Å². The van der Waals surface area contributed by atoms with Crippen LogP contribution in [0, 0.1) is 0 Å². The Kier molecular flexibility index (Phi) is 4.67. The molecule has 0 aliphatic rings. The zero-order valence-corrected chi connectivity index (χ0v) is 11.5. The van der Waals surface area contributed by atoms with Crippen molar-refractivity contribution in [2.45, 2.75) is 25.7 Å². The molecule has 2 rings (SSSR count). The fraction of sp³-hybridized carbons (Fsp3) is 0.333. The van der Waals surface area contributed by atoms with Gasteiger partial charge in [-0.3, -0.25) is 9.59 Å². The van der Waals surface area contributed by atoms with E-state index in [1.54, 1.807) is 12.1 Å². The number of carbonyl (C=O) groups is 1. The normalized spacial score (nSPS) is 11.0. The fourth-order valence-corrected chi connectivity index (χ4v) is 2.35. The van der Waals surface area contributed by atoms with E-state index in [9.17, 15) is 18.4 Å². The minimum absolute atomic E-state index is 0.217. The summed E-state index contributed by atoms with van der Waals surface area (Å²) in [6.07, 6.45) is -1.33. The lowest BCUT2D eigenvalue weighted by molar-refractivity contribution is 0.112. The quantitative estimate of drug-likeness (QED) is 0.834. The molecule has 0 radical (unpaired) electrons. The maximum atomic E-state index is 12.2. The molecule has 4 nitrogen and oxygen atoms in total. The van der Waals surface area contributed by atoms with Crippen LogP contribution in [0.4, 0.5) is 8.78 Å². The van der Waals surface area contributed by atoms with Crippen LogP contribution in [0.5, 0.6) is 5.75 Å². The Morgan fingerprint density at radius 1 is 1.38 bits per heavy atom. The van der Waals surface area contributed by atoms with Gasteiger partial charge in [-0.2, -0.15) is 0 Å². The molecule has 0 fully saturated rings. The number of pyridine rings is 1. The Hall–Kier alpha value is -2.24. The molecule has 1 N–H and O–H groups in total. The summed E-state index contributed by atoms with van der Waals surface area (Å²) >= 11 is 0. The van der Waals surface area contributed by atoms with Crippen molar-refractivity contribution in [3.63, 3.8) is 0 Å². The van der Waals surface area contributed by atoms with E-state index in [2.05, 4.69) is 4.98 Å². The average molecular weight is 295 g/mol. The Labute approximate surface area is 119 Å². The molecule has 0 saturated heterocycles. The van der Waals surface area contributed by atoms with E-state index in [-0.39, 0.29) is 24.0 Å². The molecule has 1 aromatic heterocycles. The van der Waals surface area contributed by atoms with E-state index >= 15 is 0 Å². The van der Waals surface area contributed by atoms with E-state index in [1.807, 2.05) is 0 Å². The zero-order chi connectivity index (χ0) is 15.4. The van der Waals surface area contributed by atoms with Gasteiger partial charge in [0.1, 0.15) is 5.75 Å². The summed E-state index contributed by atoms with van der Waals surface area (Å²) in [5, 5.41) is 0.673. The molecule has 0 unspecified atom stereocenters. The van der Waals surface area contributed by atoms with Gasteiger partial charge in [-0.1, -0.05) is 0 Å². The van der Waals surface area contributed by atoms with Crippen LogP contribution in [0.15, 0.2) is 23.0 Å². The first-order valence-corrected chi connectivity index (χ1v) is 6.53. The second-order valence-electron chi connectivity index (χ2n) is 4.66. The zero-order valence-electron chi connectivity index (χ0n) is 11.5. The largest absolute Gasteiger partial charge is 0.496 e. The number of aromatic nitrogens is 1. The first kappa shape index (κ1) is 15.2. The van der Waals surface area contributed by atoms with Gasteiger partial charge in [0.2, 0.25) is 12.0 Å². The summed E-state index contributed by atoms with van der Waals surface area (Å²) in [6.45, 7) is 0. The molecule has 1 aromatic carbocycles. The predicted molar refractivity (Wildman–Crippen MR) is 75.5 cm³/mol. The molecular weight excluding hydrogens is 280 g/mol. The summed E-state index contributed by atoms with van der Waals surface area (Å²) in [7, 11) is 1.43. The van der Waals surface area contributed by atoms with Crippen molar-refractivity contribution < 1.29 is 18.3 Å². The minimum Gasteiger partial charge on any atom is -0.496 e. The number of H-pyrrole nitrogens is 1. The number of hydrogen-bond acceptors (Lipinski definition) is 3. The number of alkyl halides is 2. The van der Waals surface area contributed by atoms with Crippen LogP contribution in [0.1, 0.15) is 28.8 Å². The molecule has 21 heavy (non-hydrogen) atoms. The highest BCUT2D eigenvalue weighted by Gasteiger charge is 2.12. The van der Waals surface area contributed by atoms with Crippen LogP contribution in [0.25, 0.3) is 10.9 Å². The Balaban J connectivity index is 2.52. The fourth-order valence-electron chi connectivity index (χ4n) is 2.35. The van der Waals surface area contributed by atoms with Crippen LogP contribution < -0.4 is 10.3 Å². The highest BCUT2D eigenvalue weighted by molar-refractivity contribution is 5.99. The second-order valence-corrected chi connectivity index (χ2v) is 4.66. The molecule has 0 saturated carbocycles. The third-order valence-corrected chi connectivity index (χ3v) is 3.31. The SMILES string of the molecule is COc1ccc2c(CCCC(F)F)cc(=O)[nH]c2c1C=O. The van der Waals surface area contributed by atoms with Gasteiger partial charge < -0.3 is 9.72 Å². The number of aromatic amines is 1. The molecule has 2 aromatic rings. The summed E-state index contributed by atoms with van der Waals surface area (Å²) in [4.78, 5) is 25.5. The summed E-state index contributed by atoms with van der Waals surface area (Å²) in [5.41, 5.74) is 0.915. The van der Waals surface area contributed by atoms with Crippen molar-refractivity contribution in [3.05, 3.63) is 39.7 Å². The Morgan fingerprint density at radius 3 is 2.76 bits per heavy atom. The van der Waals surface area contributed by atoms with Gasteiger partial charge in [-0.05, 0) is 30.5 Å². The Bertz CT molecular complexity index is 710. The maximum absolute atomic E-state index is 12.2. The third kappa shape index (κ3) is 3.26. The monoisotopic (exact) mass is 295 g/mol. The number of ether oxygens (including phenoxy) is 1. The molecule has 0 aliphatic heterocycles. The van der Waals surface area contributed by atoms with Crippen LogP contribution in [0.2, 0.25) is 0 Å². The number of aryl methyl sites for hydroxylation is 1. The van der Waals surface area contributed by atoms with Gasteiger partial charge in [0, 0.05) is 17.9 Å². The van der Waals surface area contributed by atoms with Crippen molar-refractivity contribution in [2.24, 2.45) is 0 Å². The average Bonchev–Trinajstić information content (AvgIpc) is 2.45. The van der Waals surface area contributed by atoms with Crippen LogP contribution >= 0.6 is 0 Å². The summed E-state index contributed by atoms with van der Waals surface area (Å²) in [5.74, 6) is 0.359. The first-order chi connectivity index (χ1) is 10.1. The number of halogens is 2. The number of methoxy groups -OCH3 is 1. The van der Waals surface area contributed by atoms with Gasteiger partial charge >= 0.3 is 0 Å². The molecular formula is C15H15F2NO3. The van der Waals surface area contributed by atoms with Crippen LogP contribution in [0.3, 0.4) is 0 Å². The van der Waals surface area contributed by atoms with E-state index in [0.29, 0.717) is 34.9 Å². The highest BCUT2D eigenvalue weighted by Crippen LogP contribution is 2.27. The van der Waals surface area contributed by atoms with E-state index in [0.717, 1.165) is 0 Å². The number of aldehydes is 1. The predicted octanol–water partition coefficient (Wildman–Crippen LogP) is 2.94. The highest BCUT2D eigenvalue weighted by atomic mass is 19.3. The standard InChI is InChI=1S/C15H15F2NO3/c1-21-12-6-5-10-9(3-2-4-13(16)17)7-14(20)18-15(10)11(12)8-19/h5-8,13H,2-4H2,1H3,(H,18,20). The molecule has 0 amide bonds. The molecule has 112 valence electrons. The van der Waals surface area contributed by atoms with Crippen LogP contribution in [-0.4, -0.2) is 24.8 Å². The molecule has 1 heterocycles. The molecule has 0 spiro atoms. The van der Waals surface area contributed by atoms with Gasteiger partial charge in [0.15, 0.2) is 6.29 Å². The molecule has 0 bridgehead atoms. The maximum Gasteiger partial charge on any atom is 0.248 e. The van der Waals surface area contributed by atoms with Crippen molar-refractivity contribution in [3.8, 4) is 5.75 Å². The summed E-state index contributed by atoms with van der Waals surface area (Å²) < 4.78 is 29.5. The van der Waals surface area contributed by atoms with Crippen molar-refractivity contribution in [1.29, 1.82) is 0 Å². The van der Waals surface area contributed by atoms with Crippen LogP contribution in [-0.2, 0) is 6.42 Å². The van der Waals surface area contributed by atoms with Crippen molar-refractivity contribution in [1.82, 2.24) is 4.98 Å². The topological polar surface area (TPSA) is 59.2 Å². The lowest BCUT2D eigenvalue weighted by atomic mass is 10.0. The number of benzene rings is 1. The summed E-state index contributed by atoms with van der Waals surface area (Å²) in [6, 6.07) is 4.73. The van der Waals surface area contributed by atoms with Gasteiger partial charge in [-0.25, -0.2) is 8.78 Å². The molecule has 0 atom stereocenters. The van der Waals surface area contributed by atoms with E-state index in [4.69, 9.17) is 4.74 Å². The van der Waals surface area contributed by atoms with Gasteiger partial charge in [0.05, 0.1) is 18.2 Å². The number of carbonyl (C=O) groups excluding carboxylic acids is 1. The van der Waals surface area contributed by atoms with Crippen molar-refractivity contribution >= 4 is 17.2 Å². The molecule has 6 heteroatoms. The first-order valence-electron chi connectivity index (χ1n) is 6.53. The number of fused-ring (bicyclic) bond motifs is 1. The van der Waals surface area contributed by atoms with Gasteiger partial charge in [-0.15, -0.1) is 0 Å². The Morgan fingerprint density at radius 2 is 2.14 bits per heavy atom. The number of rotatable bonds is 6.